The van der Waals surface area contributed by atoms with E-state index in [0.717, 1.165) is 0 Å². The second-order valence-electron chi connectivity index (χ2n) is 8.04. The molecule has 0 saturated carbocycles. The minimum atomic E-state index is -0.724. The number of carbonyl (C=O) groups is 3. The summed E-state index contributed by atoms with van der Waals surface area (Å²) in [6, 6.07) is 13.1. The molecule has 2 aromatic rings. The first kappa shape index (κ1) is 24.8. The van der Waals surface area contributed by atoms with Crippen LogP contribution in [0.3, 0.4) is 0 Å². The molecule has 8 nitrogen and oxygen atoms in total. The molecular weight excluding hydrogens is 434 g/mol. The van der Waals surface area contributed by atoms with Gasteiger partial charge in [0.25, 0.3) is 11.8 Å². The normalized spacial score (nSPS) is 14.6. The molecule has 8 heteroatoms. The highest BCUT2D eigenvalue weighted by molar-refractivity contribution is 5.98. The first-order chi connectivity index (χ1) is 16.5. The highest BCUT2D eigenvalue weighted by Crippen LogP contribution is 2.26. The van der Waals surface area contributed by atoms with Gasteiger partial charge in [-0.3, -0.25) is 14.4 Å². The molecule has 1 fully saturated rings. The van der Waals surface area contributed by atoms with Gasteiger partial charge in [-0.05, 0) is 55.2 Å². The highest BCUT2D eigenvalue weighted by Gasteiger charge is 2.34. The van der Waals surface area contributed by atoms with Crippen LogP contribution in [-0.4, -0.2) is 62.5 Å². The van der Waals surface area contributed by atoms with E-state index >= 15 is 0 Å². The molecule has 3 rings (SSSR count). The predicted octanol–water partition coefficient (Wildman–Crippen LogP) is 2.66. The van der Waals surface area contributed by atoms with E-state index in [1.165, 1.54) is 7.11 Å². The van der Waals surface area contributed by atoms with Gasteiger partial charge in [-0.25, -0.2) is 0 Å². The zero-order valence-electron chi connectivity index (χ0n) is 19.6. The molecular formula is C26H31N3O5. The van der Waals surface area contributed by atoms with Crippen molar-refractivity contribution in [2.24, 2.45) is 5.92 Å². The SMILES string of the molecule is C=CCNC(=O)C(NC(=O)c1ccc(OC)cc1)C1CCN(C(=O)c2ccccc2OC)CC1. The molecule has 1 aliphatic rings. The maximum Gasteiger partial charge on any atom is 0.257 e. The van der Waals surface area contributed by atoms with Gasteiger partial charge in [0.1, 0.15) is 17.5 Å². The van der Waals surface area contributed by atoms with E-state index in [1.54, 1.807) is 60.6 Å². The molecule has 1 aliphatic heterocycles. The maximum absolute atomic E-state index is 13.0. The average Bonchev–Trinajstić information content (AvgIpc) is 2.89. The molecule has 1 unspecified atom stereocenters. The number of para-hydroxylation sites is 1. The first-order valence-corrected chi connectivity index (χ1v) is 11.2. The van der Waals surface area contributed by atoms with Crippen LogP contribution < -0.4 is 20.1 Å². The lowest BCUT2D eigenvalue weighted by Crippen LogP contribution is -2.53. The fraction of sp³-hybridized carbons (Fsp3) is 0.346. The van der Waals surface area contributed by atoms with Crippen LogP contribution in [0, 0.1) is 5.92 Å². The van der Waals surface area contributed by atoms with Crippen molar-refractivity contribution >= 4 is 17.7 Å². The van der Waals surface area contributed by atoms with Crippen LogP contribution in [0.5, 0.6) is 11.5 Å². The van der Waals surface area contributed by atoms with Gasteiger partial charge in [0.15, 0.2) is 0 Å². The summed E-state index contributed by atoms with van der Waals surface area (Å²) in [5, 5.41) is 5.68. The van der Waals surface area contributed by atoms with Crippen LogP contribution in [0.2, 0.25) is 0 Å². The molecule has 1 heterocycles. The largest absolute Gasteiger partial charge is 0.497 e. The van der Waals surface area contributed by atoms with Gasteiger partial charge >= 0.3 is 0 Å². The summed E-state index contributed by atoms with van der Waals surface area (Å²) in [7, 11) is 3.09. The van der Waals surface area contributed by atoms with Crippen molar-refractivity contribution in [1.29, 1.82) is 0 Å². The fourth-order valence-electron chi connectivity index (χ4n) is 4.07. The van der Waals surface area contributed by atoms with E-state index in [9.17, 15) is 14.4 Å². The van der Waals surface area contributed by atoms with Gasteiger partial charge < -0.3 is 25.0 Å². The van der Waals surface area contributed by atoms with Gasteiger partial charge in [-0.15, -0.1) is 6.58 Å². The number of benzene rings is 2. The molecule has 2 aromatic carbocycles. The van der Waals surface area contributed by atoms with Gasteiger partial charge in [0, 0.05) is 25.2 Å². The molecule has 0 aliphatic carbocycles. The van der Waals surface area contributed by atoms with Crippen molar-refractivity contribution in [1.82, 2.24) is 15.5 Å². The topological polar surface area (TPSA) is 97.0 Å². The summed E-state index contributed by atoms with van der Waals surface area (Å²) in [6.07, 6.45) is 2.75. The number of likely N-dealkylation sites (tertiary alicyclic amines) is 1. The highest BCUT2D eigenvalue weighted by atomic mass is 16.5. The zero-order chi connectivity index (χ0) is 24.5. The Labute approximate surface area is 199 Å². The Morgan fingerprint density at radius 1 is 1.06 bits per heavy atom. The second kappa shape index (κ2) is 11.9. The van der Waals surface area contributed by atoms with Gasteiger partial charge in [0.2, 0.25) is 5.91 Å². The zero-order valence-corrected chi connectivity index (χ0v) is 19.6. The quantitative estimate of drug-likeness (QED) is 0.555. The Hall–Kier alpha value is -3.81. The molecule has 0 aromatic heterocycles. The number of ether oxygens (including phenoxy) is 2. The number of hydrogen-bond acceptors (Lipinski definition) is 5. The van der Waals surface area contributed by atoms with Crippen LogP contribution >= 0.6 is 0 Å². The van der Waals surface area contributed by atoms with Crippen LogP contribution in [0.15, 0.2) is 61.2 Å². The van der Waals surface area contributed by atoms with E-state index in [-0.39, 0.29) is 23.6 Å². The van der Waals surface area contributed by atoms with Crippen molar-refractivity contribution in [3.05, 3.63) is 72.3 Å². The van der Waals surface area contributed by atoms with Crippen molar-refractivity contribution in [3.8, 4) is 11.5 Å². The van der Waals surface area contributed by atoms with Crippen molar-refractivity contribution < 1.29 is 23.9 Å². The lowest BCUT2D eigenvalue weighted by molar-refractivity contribution is -0.124. The van der Waals surface area contributed by atoms with Crippen molar-refractivity contribution in [2.75, 3.05) is 33.9 Å². The lowest BCUT2D eigenvalue weighted by Gasteiger charge is -2.36. The van der Waals surface area contributed by atoms with E-state index in [1.807, 2.05) is 6.07 Å². The Balaban J connectivity index is 1.69. The van der Waals surface area contributed by atoms with Crippen LogP contribution in [0.1, 0.15) is 33.6 Å². The number of nitrogens with zero attached hydrogens (tertiary/aromatic N) is 1. The third-order valence-corrected chi connectivity index (χ3v) is 5.98. The number of amides is 3. The van der Waals surface area contributed by atoms with Crippen LogP contribution in [0.4, 0.5) is 0 Å². The van der Waals surface area contributed by atoms with Crippen LogP contribution in [0.25, 0.3) is 0 Å². The minimum absolute atomic E-state index is 0.106. The number of carbonyl (C=O) groups excluding carboxylic acids is 3. The third kappa shape index (κ3) is 5.95. The van der Waals surface area contributed by atoms with Gasteiger partial charge in [-0.2, -0.15) is 0 Å². The maximum atomic E-state index is 13.0. The monoisotopic (exact) mass is 465 g/mol. The number of piperidine rings is 1. The summed E-state index contributed by atoms with van der Waals surface area (Å²) in [6.45, 7) is 4.89. The second-order valence-corrected chi connectivity index (χ2v) is 8.04. The Morgan fingerprint density at radius 3 is 2.35 bits per heavy atom. The summed E-state index contributed by atoms with van der Waals surface area (Å²) in [4.78, 5) is 40.6. The minimum Gasteiger partial charge on any atom is -0.497 e. The van der Waals surface area contributed by atoms with E-state index in [0.29, 0.717) is 55.1 Å². The average molecular weight is 466 g/mol. The molecule has 2 N–H and O–H groups in total. The lowest BCUT2D eigenvalue weighted by atomic mass is 9.88. The van der Waals surface area contributed by atoms with Gasteiger partial charge in [-0.1, -0.05) is 18.2 Å². The molecule has 0 bridgehead atoms. The number of hydrogen-bond donors (Lipinski definition) is 2. The first-order valence-electron chi connectivity index (χ1n) is 11.2. The Bertz CT molecular complexity index is 1010. The molecule has 180 valence electrons. The molecule has 1 atom stereocenters. The van der Waals surface area contributed by atoms with Crippen molar-refractivity contribution in [3.63, 3.8) is 0 Å². The standard InChI is InChI=1S/C26H31N3O5/c1-4-15-27-25(31)23(28-24(30)19-9-11-20(33-2)12-10-19)18-13-16-29(17-14-18)26(32)21-7-5-6-8-22(21)34-3/h4-12,18,23H,1,13-17H2,2-3H3,(H,27,31)(H,28,30). The fourth-order valence-corrected chi connectivity index (χ4v) is 4.07. The summed E-state index contributed by atoms with van der Waals surface area (Å²) < 4.78 is 10.5. The van der Waals surface area contributed by atoms with E-state index in [4.69, 9.17) is 9.47 Å². The van der Waals surface area contributed by atoms with E-state index < -0.39 is 6.04 Å². The molecule has 34 heavy (non-hydrogen) atoms. The summed E-state index contributed by atoms with van der Waals surface area (Å²) in [5.74, 6) is 0.344. The predicted molar refractivity (Wildman–Crippen MR) is 129 cm³/mol. The van der Waals surface area contributed by atoms with Gasteiger partial charge in [0.05, 0.1) is 19.8 Å². The Morgan fingerprint density at radius 2 is 1.74 bits per heavy atom. The molecule has 0 spiro atoms. The molecule has 1 saturated heterocycles. The Kier molecular flexibility index (Phi) is 8.67. The van der Waals surface area contributed by atoms with Crippen LogP contribution in [-0.2, 0) is 4.79 Å². The number of rotatable bonds is 9. The molecule has 0 radical (unpaired) electrons. The third-order valence-electron chi connectivity index (χ3n) is 5.98. The van der Waals surface area contributed by atoms with Crippen molar-refractivity contribution in [2.45, 2.75) is 18.9 Å². The number of methoxy groups -OCH3 is 2. The summed E-state index contributed by atoms with van der Waals surface area (Å²) >= 11 is 0. The molecule has 3 amide bonds. The van der Waals surface area contributed by atoms with E-state index in [2.05, 4.69) is 17.2 Å². The summed E-state index contributed by atoms with van der Waals surface area (Å²) in [5.41, 5.74) is 0.947. The smallest absolute Gasteiger partial charge is 0.257 e. The number of nitrogens with one attached hydrogen (secondary N) is 2.